The Morgan fingerprint density at radius 2 is 1.94 bits per heavy atom. The van der Waals surface area contributed by atoms with E-state index < -0.39 is 5.41 Å². The normalized spacial score (nSPS) is 23.1. The van der Waals surface area contributed by atoms with Gasteiger partial charge in [0.05, 0.1) is 0 Å². The largest absolute Gasteiger partial charge is 0.298 e. The van der Waals surface area contributed by atoms with Crippen molar-refractivity contribution >= 4 is 22.7 Å². The molecule has 0 radical (unpaired) electrons. The van der Waals surface area contributed by atoms with Crippen LogP contribution in [0.3, 0.4) is 0 Å². The highest BCUT2D eigenvalue weighted by Gasteiger charge is 2.48. The van der Waals surface area contributed by atoms with Crippen LogP contribution in [0.4, 0.5) is 0 Å². The molecule has 0 aliphatic heterocycles. The van der Waals surface area contributed by atoms with Gasteiger partial charge in [0.15, 0.2) is 0 Å². The average molecular weight is 260 g/mol. The van der Waals surface area contributed by atoms with Crippen LogP contribution in [0.2, 0.25) is 0 Å². The molecule has 1 aromatic carbocycles. The highest BCUT2D eigenvalue weighted by Crippen LogP contribution is 2.47. The lowest BCUT2D eigenvalue weighted by Crippen LogP contribution is -2.34. The number of carbonyl (C=O) groups excluding carboxylic acids is 2. The molecule has 1 aromatic rings. The summed E-state index contributed by atoms with van der Waals surface area (Å²) in [6.45, 7) is 5.44. The minimum absolute atomic E-state index is 0.0709. The van der Waals surface area contributed by atoms with Crippen molar-refractivity contribution < 1.29 is 9.59 Å². The highest BCUT2D eigenvalue weighted by atomic mass is 32.2. The zero-order valence-corrected chi connectivity index (χ0v) is 11.3. The van der Waals surface area contributed by atoms with E-state index >= 15 is 0 Å². The summed E-state index contributed by atoms with van der Waals surface area (Å²) in [5, 5.41) is -0.0799. The Bertz CT molecular complexity index is 492. The molecule has 1 aliphatic rings. The van der Waals surface area contributed by atoms with Crippen LogP contribution in [-0.4, -0.2) is 10.9 Å². The fourth-order valence-corrected chi connectivity index (χ4v) is 3.53. The molecule has 94 valence electrons. The maximum atomic E-state index is 12.5. The second-order valence-corrected chi connectivity index (χ2v) is 5.67. The molecule has 0 unspecified atom stereocenters. The lowest BCUT2D eigenvalue weighted by atomic mass is 9.81. The van der Waals surface area contributed by atoms with Gasteiger partial charge in [0.25, 0.3) is 0 Å². The van der Waals surface area contributed by atoms with Gasteiger partial charge in [0.2, 0.25) is 5.12 Å². The molecule has 0 heterocycles. The van der Waals surface area contributed by atoms with Gasteiger partial charge in [-0.1, -0.05) is 42.1 Å². The molecule has 0 saturated heterocycles. The van der Waals surface area contributed by atoms with Gasteiger partial charge in [-0.15, -0.1) is 0 Å². The Hall–Kier alpha value is -1.35. The number of Topliss-reactive ketones (excluding diaryl/α,β-unsaturated/α-hetero) is 1. The van der Waals surface area contributed by atoms with Crippen molar-refractivity contribution in [3.63, 3.8) is 0 Å². The maximum Gasteiger partial charge on any atom is 0.211 e. The molecule has 1 atom stereocenters. The van der Waals surface area contributed by atoms with Crippen molar-refractivity contribution in [3.8, 4) is 0 Å². The molecular formula is C15H16O2S. The summed E-state index contributed by atoms with van der Waals surface area (Å²) in [4.78, 5) is 25.3. The summed E-state index contributed by atoms with van der Waals surface area (Å²) >= 11 is 1.15. The molecule has 0 aromatic heterocycles. The summed E-state index contributed by atoms with van der Waals surface area (Å²) in [7, 11) is 0. The van der Waals surface area contributed by atoms with Gasteiger partial charge in [-0.05, 0) is 38.3 Å². The van der Waals surface area contributed by atoms with Crippen LogP contribution in [0.1, 0.15) is 26.2 Å². The summed E-state index contributed by atoms with van der Waals surface area (Å²) < 4.78 is 0. The predicted octanol–water partition coefficient (Wildman–Crippen LogP) is 3.62. The number of benzene rings is 1. The zero-order chi connectivity index (χ0) is 13.2. The van der Waals surface area contributed by atoms with E-state index in [1.54, 1.807) is 0 Å². The lowest BCUT2D eigenvalue weighted by molar-refractivity contribution is -0.131. The SMILES string of the molecule is C=C1CCC[C@@]1(C(C)=O)C(=O)Sc1ccccc1. The smallest absolute Gasteiger partial charge is 0.211 e. The number of ketones is 1. The van der Waals surface area contributed by atoms with Gasteiger partial charge in [-0.2, -0.15) is 0 Å². The van der Waals surface area contributed by atoms with E-state index in [0.717, 1.165) is 35.1 Å². The average Bonchev–Trinajstić information content (AvgIpc) is 2.73. The quantitative estimate of drug-likeness (QED) is 0.473. The number of allylic oxidation sites excluding steroid dienone is 1. The Balaban J connectivity index is 2.26. The summed E-state index contributed by atoms with van der Waals surface area (Å²) in [6.07, 6.45) is 2.26. The molecule has 0 N–H and O–H groups in total. The number of hydrogen-bond donors (Lipinski definition) is 0. The van der Waals surface area contributed by atoms with Crippen LogP contribution in [0.25, 0.3) is 0 Å². The monoisotopic (exact) mass is 260 g/mol. The topological polar surface area (TPSA) is 34.1 Å². The summed E-state index contributed by atoms with van der Waals surface area (Å²) in [6, 6.07) is 9.45. The van der Waals surface area contributed by atoms with Crippen LogP contribution >= 0.6 is 11.8 Å². The Kier molecular flexibility index (Phi) is 3.71. The number of rotatable bonds is 3. The van der Waals surface area contributed by atoms with Crippen LogP contribution in [0.5, 0.6) is 0 Å². The van der Waals surface area contributed by atoms with Crippen molar-refractivity contribution in [3.05, 3.63) is 42.5 Å². The van der Waals surface area contributed by atoms with E-state index in [4.69, 9.17) is 0 Å². The zero-order valence-electron chi connectivity index (χ0n) is 10.4. The molecule has 0 amide bonds. The van der Waals surface area contributed by atoms with Gasteiger partial charge in [-0.25, -0.2) is 0 Å². The minimum atomic E-state index is -0.944. The van der Waals surface area contributed by atoms with Crippen LogP contribution in [0.15, 0.2) is 47.4 Å². The van der Waals surface area contributed by atoms with Gasteiger partial charge in [0, 0.05) is 4.90 Å². The molecule has 1 saturated carbocycles. The molecule has 1 aliphatic carbocycles. The Morgan fingerprint density at radius 1 is 1.28 bits per heavy atom. The third-order valence-corrected chi connectivity index (χ3v) is 4.58. The molecule has 18 heavy (non-hydrogen) atoms. The van der Waals surface area contributed by atoms with E-state index in [0.29, 0.717) is 6.42 Å². The first-order valence-corrected chi connectivity index (χ1v) is 6.85. The fourth-order valence-electron chi connectivity index (χ4n) is 2.45. The maximum absolute atomic E-state index is 12.5. The molecule has 0 spiro atoms. The standard InChI is InChI=1S/C15H16O2S/c1-11-7-6-10-15(11,12(2)16)14(17)18-13-8-4-3-5-9-13/h3-5,8-9H,1,6-7,10H2,2H3/t15-/m1/s1. The van der Waals surface area contributed by atoms with Crippen LogP contribution < -0.4 is 0 Å². The van der Waals surface area contributed by atoms with Crippen molar-refractivity contribution in [2.45, 2.75) is 31.1 Å². The van der Waals surface area contributed by atoms with Crippen LogP contribution in [0, 0.1) is 5.41 Å². The fraction of sp³-hybridized carbons (Fsp3) is 0.333. The molecule has 0 bridgehead atoms. The van der Waals surface area contributed by atoms with E-state index in [-0.39, 0.29) is 10.9 Å². The Morgan fingerprint density at radius 3 is 2.44 bits per heavy atom. The number of carbonyl (C=O) groups is 2. The van der Waals surface area contributed by atoms with Gasteiger partial charge >= 0.3 is 0 Å². The van der Waals surface area contributed by atoms with Crippen molar-refractivity contribution in [2.75, 3.05) is 0 Å². The van der Waals surface area contributed by atoms with E-state index in [9.17, 15) is 9.59 Å². The third-order valence-electron chi connectivity index (χ3n) is 3.54. The van der Waals surface area contributed by atoms with Crippen molar-refractivity contribution in [2.24, 2.45) is 5.41 Å². The first kappa shape index (κ1) is 13.1. The van der Waals surface area contributed by atoms with E-state index in [1.807, 2.05) is 30.3 Å². The first-order valence-electron chi connectivity index (χ1n) is 6.04. The lowest BCUT2D eigenvalue weighted by Gasteiger charge is -2.25. The minimum Gasteiger partial charge on any atom is -0.298 e. The van der Waals surface area contributed by atoms with E-state index in [1.165, 1.54) is 6.92 Å². The molecule has 3 heteroatoms. The van der Waals surface area contributed by atoms with Crippen LogP contribution in [-0.2, 0) is 9.59 Å². The molecule has 2 rings (SSSR count). The predicted molar refractivity (Wildman–Crippen MR) is 73.4 cm³/mol. The van der Waals surface area contributed by atoms with Gasteiger partial charge in [0.1, 0.15) is 11.2 Å². The van der Waals surface area contributed by atoms with E-state index in [2.05, 4.69) is 6.58 Å². The molecule has 2 nitrogen and oxygen atoms in total. The second kappa shape index (κ2) is 5.11. The van der Waals surface area contributed by atoms with Gasteiger partial charge in [-0.3, -0.25) is 9.59 Å². The molecular weight excluding hydrogens is 244 g/mol. The van der Waals surface area contributed by atoms with Crippen molar-refractivity contribution in [1.29, 1.82) is 0 Å². The van der Waals surface area contributed by atoms with Crippen molar-refractivity contribution in [1.82, 2.24) is 0 Å². The summed E-state index contributed by atoms with van der Waals surface area (Å²) in [5.74, 6) is -0.0709. The second-order valence-electron chi connectivity index (χ2n) is 4.62. The summed E-state index contributed by atoms with van der Waals surface area (Å²) in [5.41, 5.74) is -0.163. The Labute approximate surface area is 111 Å². The third kappa shape index (κ3) is 2.15. The molecule has 1 fully saturated rings. The highest BCUT2D eigenvalue weighted by molar-refractivity contribution is 8.13. The van der Waals surface area contributed by atoms with Gasteiger partial charge < -0.3 is 0 Å². The number of thioether (sulfide) groups is 1. The first-order chi connectivity index (χ1) is 8.57. The number of hydrogen-bond acceptors (Lipinski definition) is 3.